The lowest BCUT2D eigenvalue weighted by Crippen LogP contribution is -2.12. The smallest absolute Gasteiger partial charge is 0.134 e. The van der Waals surface area contributed by atoms with Crippen molar-refractivity contribution < 1.29 is 4.79 Å². The quantitative estimate of drug-likeness (QED) is 0.336. The van der Waals surface area contributed by atoms with E-state index in [2.05, 4.69) is 40.1 Å². The van der Waals surface area contributed by atoms with Gasteiger partial charge in [-0.1, -0.05) is 29.2 Å². The van der Waals surface area contributed by atoms with Crippen molar-refractivity contribution in [3.05, 3.63) is 22.9 Å². The lowest BCUT2D eigenvalue weighted by Gasteiger charge is -2.06. The molecule has 1 unspecified atom stereocenters. The van der Waals surface area contributed by atoms with E-state index in [-0.39, 0.29) is 17.4 Å². The number of Topliss-reactive ketones (excluding diaryl/α,β-unsaturated/α-hetero) is 1. The fourth-order valence-corrected chi connectivity index (χ4v) is 1.61. The Balaban J connectivity index is 4.29. The van der Waals surface area contributed by atoms with Gasteiger partial charge in [0.2, 0.25) is 0 Å². The number of nitroso groups, excluding NO2 is 1. The molecule has 0 aromatic rings. The lowest BCUT2D eigenvalue weighted by atomic mass is 10.0. The lowest BCUT2D eigenvalue weighted by molar-refractivity contribution is -0.119. The van der Waals surface area contributed by atoms with Gasteiger partial charge in [-0.25, -0.2) is 0 Å². The first kappa shape index (κ1) is 11.5. The van der Waals surface area contributed by atoms with Crippen LogP contribution in [0.25, 0.3) is 0 Å². The van der Waals surface area contributed by atoms with Crippen LogP contribution in [0.1, 0.15) is 13.3 Å². The summed E-state index contributed by atoms with van der Waals surface area (Å²) in [4.78, 5) is 21.0. The SMILES string of the molecule is C=C=C(CC(CI)C(C)=O)N=O. The third-order valence-corrected chi connectivity index (χ3v) is 2.58. The van der Waals surface area contributed by atoms with E-state index >= 15 is 0 Å². The highest BCUT2D eigenvalue weighted by molar-refractivity contribution is 14.1. The monoisotopic (exact) mass is 279 g/mol. The molecule has 4 heteroatoms. The molecular formula is C8H10INO2. The second-order valence-corrected chi connectivity index (χ2v) is 3.26. The zero-order chi connectivity index (χ0) is 9.56. The minimum Gasteiger partial charge on any atom is -0.300 e. The maximum absolute atomic E-state index is 10.9. The van der Waals surface area contributed by atoms with Crippen LogP contribution in [0.2, 0.25) is 0 Å². The molecule has 0 saturated carbocycles. The number of ketones is 1. The van der Waals surface area contributed by atoms with Crippen LogP contribution in [-0.4, -0.2) is 10.2 Å². The predicted octanol–water partition coefficient (Wildman–Crippen LogP) is 2.45. The van der Waals surface area contributed by atoms with Crippen molar-refractivity contribution in [2.24, 2.45) is 11.1 Å². The van der Waals surface area contributed by atoms with Crippen molar-refractivity contribution >= 4 is 28.4 Å². The average Bonchev–Trinajstić information content (AvgIpc) is 2.06. The van der Waals surface area contributed by atoms with Gasteiger partial charge in [0.25, 0.3) is 0 Å². The molecule has 0 N–H and O–H groups in total. The minimum atomic E-state index is -0.132. The largest absolute Gasteiger partial charge is 0.300 e. The minimum absolute atomic E-state index is 0.0702. The van der Waals surface area contributed by atoms with Crippen molar-refractivity contribution in [1.82, 2.24) is 0 Å². The average molecular weight is 279 g/mol. The first-order valence-electron chi connectivity index (χ1n) is 3.44. The second-order valence-electron chi connectivity index (χ2n) is 2.38. The summed E-state index contributed by atoms with van der Waals surface area (Å²) >= 11 is 2.10. The van der Waals surface area contributed by atoms with Gasteiger partial charge in [0, 0.05) is 16.8 Å². The van der Waals surface area contributed by atoms with E-state index in [0.29, 0.717) is 10.8 Å². The van der Waals surface area contributed by atoms with Gasteiger partial charge < -0.3 is 0 Å². The molecule has 0 aromatic heterocycles. The van der Waals surface area contributed by atoms with Crippen LogP contribution in [0.5, 0.6) is 0 Å². The van der Waals surface area contributed by atoms with Gasteiger partial charge in [-0.3, -0.25) is 4.79 Å². The van der Waals surface area contributed by atoms with Gasteiger partial charge in [-0.2, -0.15) is 0 Å². The molecule has 12 heavy (non-hydrogen) atoms. The van der Waals surface area contributed by atoms with Crippen LogP contribution >= 0.6 is 22.6 Å². The standard InChI is InChI=1S/C8H10INO2/c1-3-8(10-12)4-7(5-9)6(2)11/h7H,1,4-5H2,2H3. The Morgan fingerprint density at radius 3 is 2.58 bits per heavy atom. The number of carbonyl (C=O) groups is 1. The summed E-state index contributed by atoms with van der Waals surface area (Å²) in [7, 11) is 0. The van der Waals surface area contributed by atoms with E-state index in [1.165, 1.54) is 6.92 Å². The van der Waals surface area contributed by atoms with E-state index in [1.54, 1.807) is 0 Å². The molecule has 0 amide bonds. The summed E-state index contributed by atoms with van der Waals surface area (Å²) in [6.45, 7) is 4.82. The maximum Gasteiger partial charge on any atom is 0.134 e. The van der Waals surface area contributed by atoms with Gasteiger partial charge in [0.15, 0.2) is 0 Å². The predicted molar refractivity (Wildman–Crippen MR) is 56.1 cm³/mol. The molecule has 0 bridgehead atoms. The van der Waals surface area contributed by atoms with E-state index < -0.39 is 0 Å². The summed E-state index contributed by atoms with van der Waals surface area (Å²) in [5.74, 6) is -0.0617. The molecule has 66 valence electrons. The highest BCUT2D eigenvalue weighted by Crippen LogP contribution is 2.15. The van der Waals surface area contributed by atoms with Crippen molar-refractivity contribution in [2.45, 2.75) is 13.3 Å². The molecule has 0 spiro atoms. The van der Waals surface area contributed by atoms with Gasteiger partial charge in [-0.05, 0) is 12.1 Å². The van der Waals surface area contributed by atoms with Crippen LogP contribution in [0, 0.1) is 10.8 Å². The molecule has 1 atom stereocenters. The number of halogens is 1. The molecule has 3 nitrogen and oxygen atoms in total. The van der Waals surface area contributed by atoms with Gasteiger partial charge in [0.1, 0.15) is 11.5 Å². The number of carbonyl (C=O) groups excluding carboxylic acids is 1. The maximum atomic E-state index is 10.9. The van der Waals surface area contributed by atoms with Crippen molar-refractivity contribution in [3.63, 3.8) is 0 Å². The van der Waals surface area contributed by atoms with Crippen LogP contribution in [0.15, 0.2) is 23.2 Å². The topological polar surface area (TPSA) is 46.5 Å². The molecule has 0 aliphatic heterocycles. The molecule has 0 heterocycles. The van der Waals surface area contributed by atoms with E-state index in [0.717, 1.165) is 0 Å². The molecule has 0 aliphatic rings. The number of allylic oxidation sites excluding steroid dienone is 1. The second kappa shape index (κ2) is 6.08. The highest BCUT2D eigenvalue weighted by atomic mass is 127. The summed E-state index contributed by atoms with van der Waals surface area (Å²) in [6, 6.07) is 0. The fourth-order valence-electron chi connectivity index (χ4n) is 0.682. The zero-order valence-electron chi connectivity index (χ0n) is 6.84. The number of nitrogens with zero attached hydrogens (tertiary/aromatic N) is 1. The summed E-state index contributed by atoms with van der Waals surface area (Å²) in [5, 5.41) is 2.71. The zero-order valence-corrected chi connectivity index (χ0v) is 9.00. The fraction of sp³-hybridized carbons (Fsp3) is 0.500. The Morgan fingerprint density at radius 1 is 1.75 bits per heavy atom. The molecule has 0 saturated heterocycles. The Hall–Kier alpha value is -0.480. The molecular weight excluding hydrogens is 269 g/mol. The Kier molecular flexibility index (Phi) is 5.84. The molecule has 0 aromatic carbocycles. The first-order valence-corrected chi connectivity index (χ1v) is 4.97. The number of hydrogen-bond donors (Lipinski definition) is 0. The first-order chi connectivity index (χ1) is 5.65. The van der Waals surface area contributed by atoms with Crippen LogP contribution < -0.4 is 0 Å². The number of rotatable bonds is 5. The van der Waals surface area contributed by atoms with E-state index in [4.69, 9.17) is 0 Å². The van der Waals surface area contributed by atoms with Gasteiger partial charge in [-0.15, -0.1) is 10.6 Å². The van der Waals surface area contributed by atoms with Crippen LogP contribution in [0.3, 0.4) is 0 Å². The number of hydrogen-bond acceptors (Lipinski definition) is 3. The van der Waals surface area contributed by atoms with Gasteiger partial charge >= 0.3 is 0 Å². The van der Waals surface area contributed by atoms with E-state index in [9.17, 15) is 9.70 Å². The normalized spacial score (nSPS) is 11.5. The van der Waals surface area contributed by atoms with Crippen LogP contribution in [-0.2, 0) is 4.79 Å². The summed E-state index contributed by atoms with van der Waals surface area (Å²) in [6.07, 6.45) is 0.352. The van der Waals surface area contributed by atoms with E-state index in [1.807, 2.05) is 0 Å². The Labute approximate surface area is 85.0 Å². The van der Waals surface area contributed by atoms with Crippen molar-refractivity contribution in [2.75, 3.05) is 4.43 Å². The molecule has 0 radical (unpaired) electrons. The van der Waals surface area contributed by atoms with Crippen molar-refractivity contribution in [1.29, 1.82) is 0 Å². The third kappa shape index (κ3) is 3.78. The number of alkyl halides is 1. The highest BCUT2D eigenvalue weighted by Gasteiger charge is 2.14. The Bertz CT molecular complexity index is 231. The van der Waals surface area contributed by atoms with Gasteiger partial charge in [0.05, 0.1) is 0 Å². The molecule has 0 aliphatic carbocycles. The summed E-state index contributed by atoms with van der Waals surface area (Å²) < 4.78 is 0.688. The Morgan fingerprint density at radius 2 is 2.33 bits per heavy atom. The molecule has 0 rings (SSSR count). The van der Waals surface area contributed by atoms with Crippen LogP contribution in [0.4, 0.5) is 0 Å². The third-order valence-electron chi connectivity index (χ3n) is 1.52. The molecule has 0 fully saturated rings. The summed E-state index contributed by atoms with van der Waals surface area (Å²) in [5.41, 5.74) is 2.63. The van der Waals surface area contributed by atoms with Crippen molar-refractivity contribution in [3.8, 4) is 0 Å².